The van der Waals surface area contributed by atoms with Crippen molar-refractivity contribution < 1.29 is 27.5 Å². The van der Waals surface area contributed by atoms with Gasteiger partial charge in [-0.1, -0.05) is 73.7 Å². The largest absolute Gasteiger partial charge is 0.497 e. The molecule has 0 spiro atoms. The Morgan fingerprint density at radius 1 is 0.826 bits per heavy atom. The van der Waals surface area contributed by atoms with Crippen LogP contribution in [0.15, 0.2) is 108 Å². The van der Waals surface area contributed by atoms with Gasteiger partial charge in [0, 0.05) is 19.5 Å². The van der Waals surface area contributed by atoms with E-state index in [0.29, 0.717) is 24.5 Å². The van der Waals surface area contributed by atoms with Crippen LogP contribution in [0.2, 0.25) is 0 Å². The lowest BCUT2D eigenvalue weighted by Gasteiger charge is -2.34. The average Bonchev–Trinajstić information content (AvgIpc) is 3.08. The molecule has 0 saturated heterocycles. The molecule has 10 heteroatoms. The number of hydrogen-bond donors (Lipinski definition) is 1. The van der Waals surface area contributed by atoms with Crippen LogP contribution in [0.1, 0.15) is 30.0 Å². The predicted octanol–water partition coefficient (Wildman–Crippen LogP) is 5.37. The molecule has 242 valence electrons. The SMILES string of the molecule is CCCNC(=O)[C@@H](Cc1ccccc1)N(Cc1cccc(OC)c1)C(=O)CN(c1cc(C)ccc1OC)S(=O)(=O)c1ccccc1. The number of methoxy groups -OCH3 is 2. The summed E-state index contributed by atoms with van der Waals surface area (Å²) in [5, 5.41) is 2.95. The van der Waals surface area contributed by atoms with Crippen molar-refractivity contribution in [2.24, 2.45) is 0 Å². The summed E-state index contributed by atoms with van der Waals surface area (Å²) in [6, 6.07) is 28.9. The predicted molar refractivity (Wildman–Crippen MR) is 179 cm³/mol. The number of hydrogen-bond acceptors (Lipinski definition) is 6. The number of anilines is 1. The summed E-state index contributed by atoms with van der Waals surface area (Å²) in [5.74, 6) is 0.00233. The van der Waals surface area contributed by atoms with Gasteiger partial charge in [0.25, 0.3) is 10.0 Å². The first kappa shape index (κ1) is 34.1. The lowest BCUT2D eigenvalue weighted by atomic mass is 10.0. The van der Waals surface area contributed by atoms with E-state index in [-0.39, 0.29) is 29.5 Å². The smallest absolute Gasteiger partial charge is 0.264 e. The van der Waals surface area contributed by atoms with Crippen LogP contribution in [-0.2, 0) is 32.6 Å². The van der Waals surface area contributed by atoms with E-state index in [2.05, 4.69) is 5.32 Å². The van der Waals surface area contributed by atoms with E-state index in [1.165, 1.54) is 24.1 Å². The molecular weight excluding hydrogens is 602 g/mol. The van der Waals surface area contributed by atoms with Crippen molar-refractivity contribution in [2.75, 3.05) is 31.6 Å². The summed E-state index contributed by atoms with van der Waals surface area (Å²) in [7, 11) is -1.24. The molecular formula is C36H41N3O6S. The zero-order valence-electron chi connectivity index (χ0n) is 26.7. The number of amides is 2. The number of ether oxygens (including phenoxy) is 2. The van der Waals surface area contributed by atoms with Crippen LogP contribution >= 0.6 is 0 Å². The van der Waals surface area contributed by atoms with Crippen LogP contribution in [-0.4, -0.2) is 58.5 Å². The number of rotatable bonds is 15. The highest BCUT2D eigenvalue weighted by atomic mass is 32.2. The molecule has 46 heavy (non-hydrogen) atoms. The maximum absolute atomic E-state index is 14.6. The van der Waals surface area contributed by atoms with Crippen molar-refractivity contribution in [1.29, 1.82) is 0 Å². The third-order valence-electron chi connectivity index (χ3n) is 7.52. The first-order chi connectivity index (χ1) is 22.2. The lowest BCUT2D eigenvalue weighted by Crippen LogP contribution is -2.53. The molecule has 0 saturated carbocycles. The fourth-order valence-corrected chi connectivity index (χ4v) is 6.55. The van der Waals surface area contributed by atoms with Gasteiger partial charge in [0.05, 0.1) is 24.8 Å². The van der Waals surface area contributed by atoms with Gasteiger partial charge in [-0.15, -0.1) is 0 Å². The van der Waals surface area contributed by atoms with E-state index in [4.69, 9.17) is 9.47 Å². The van der Waals surface area contributed by atoms with Crippen molar-refractivity contribution in [3.63, 3.8) is 0 Å². The molecule has 0 bridgehead atoms. The van der Waals surface area contributed by atoms with Crippen LogP contribution in [0, 0.1) is 6.92 Å². The number of sulfonamides is 1. The van der Waals surface area contributed by atoms with Crippen molar-refractivity contribution in [2.45, 2.75) is 44.2 Å². The van der Waals surface area contributed by atoms with E-state index in [1.54, 1.807) is 55.6 Å². The second-order valence-corrected chi connectivity index (χ2v) is 12.7. The highest BCUT2D eigenvalue weighted by Gasteiger charge is 2.35. The van der Waals surface area contributed by atoms with Crippen LogP contribution in [0.5, 0.6) is 11.5 Å². The highest BCUT2D eigenvalue weighted by Crippen LogP contribution is 2.34. The molecule has 0 radical (unpaired) electrons. The van der Waals surface area contributed by atoms with Crippen LogP contribution in [0.25, 0.3) is 0 Å². The molecule has 4 aromatic rings. The average molecular weight is 644 g/mol. The molecule has 9 nitrogen and oxygen atoms in total. The van der Waals surface area contributed by atoms with Crippen LogP contribution in [0.4, 0.5) is 5.69 Å². The van der Waals surface area contributed by atoms with E-state index in [0.717, 1.165) is 21.0 Å². The quantitative estimate of drug-likeness (QED) is 0.187. The number of nitrogens with one attached hydrogen (secondary N) is 1. The number of benzene rings is 4. The van der Waals surface area contributed by atoms with Crippen molar-refractivity contribution >= 4 is 27.5 Å². The molecule has 0 heterocycles. The third kappa shape index (κ3) is 8.45. The van der Waals surface area contributed by atoms with Gasteiger partial charge < -0.3 is 19.7 Å². The van der Waals surface area contributed by atoms with Gasteiger partial charge in [0.2, 0.25) is 11.8 Å². The molecule has 2 amide bonds. The van der Waals surface area contributed by atoms with Crippen molar-refractivity contribution in [1.82, 2.24) is 10.2 Å². The number of aryl methyl sites for hydroxylation is 1. The Balaban J connectivity index is 1.85. The zero-order chi connectivity index (χ0) is 33.1. The Morgan fingerprint density at radius 3 is 2.15 bits per heavy atom. The van der Waals surface area contributed by atoms with Gasteiger partial charge in [-0.2, -0.15) is 0 Å². The molecule has 0 aliphatic rings. The Bertz CT molecular complexity index is 1710. The lowest BCUT2D eigenvalue weighted by molar-refractivity contribution is -0.140. The minimum Gasteiger partial charge on any atom is -0.497 e. The Hall–Kier alpha value is -4.83. The van der Waals surface area contributed by atoms with E-state index in [1.807, 2.05) is 56.3 Å². The minimum absolute atomic E-state index is 0.0206. The molecule has 1 N–H and O–H groups in total. The standard InChI is InChI=1S/C36H41N3O6S/c1-5-21-37-36(41)33(24-28-13-8-6-9-14-28)38(25-29-15-12-16-30(23-29)44-3)35(40)26-39(32-22-27(2)19-20-34(32)45-4)46(42,43)31-17-10-7-11-18-31/h6-20,22-23,33H,5,21,24-26H2,1-4H3,(H,37,41)/t33-/m1/s1. The normalized spacial score (nSPS) is 11.7. The number of carbonyl (C=O) groups excluding carboxylic acids is 2. The Kier molecular flexibility index (Phi) is 11.8. The van der Waals surface area contributed by atoms with Gasteiger partial charge in [-0.3, -0.25) is 13.9 Å². The number of nitrogens with zero attached hydrogens (tertiary/aromatic N) is 2. The van der Waals surface area contributed by atoms with Gasteiger partial charge in [-0.25, -0.2) is 8.42 Å². The van der Waals surface area contributed by atoms with Gasteiger partial charge in [-0.05, 0) is 66.4 Å². The molecule has 0 unspecified atom stereocenters. The monoisotopic (exact) mass is 643 g/mol. The van der Waals surface area contributed by atoms with E-state index >= 15 is 0 Å². The second kappa shape index (κ2) is 15.9. The molecule has 4 rings (SSSR count). The van der Waals surface area contributed by atoms with Crippen molar-refractivity contribution in [3.05, 3.63) is 120 Å². The Labute approximate surface area is 271 Å². The van der Waals surface area contributed by atoms with Gasteiger partial charge in [0.15, 0.2) is 0 Å². The van der Waals surface area contributed by atoms with Gasteiger partial charge in [0.1, 0.15) is 24.1 Å². The summed E-state index contributed by atoms with van der Waals surface area (Å²) in [6.45, 7) is 3.68. The summed E-state index contributed by atoms with van der Waals surface area (Å²) >= 11 is 0. The molecule has 0 aliphatic carbocycles. The third-order valence-corrected chi connectivity index (χ3v) is 9.29. The fourth-order valence-electron chi connectivity index (χ4n) is 5.12. The van der Waals surface area contributed by atoms with Crippen LogP contribution in [0.3, 0.4) is 0 Å². The molecule has 4 aromatic carbocycles. The van der Waals surface area contributed by atoms with Gasteiger partial charge >= 0.3 is 0 Å². The summed E-state index contributed by atoms with van der Waals surface area (Å²) < 4.78 is 40.6. The first-order valence-electron chi connectivity index (χ1n) is 15.1. The molecule has 1 atom stereocenters. The maximum atomic E-state index is 14.6. The summed E-state index contributed by atoms with van der Waals surface area (Å²) in [6.07, 6.45) is 0.940. The van der Waals surface area contributed by atoms with E-state index < -0.39 is 28.5 Å². The molecule has 0 fully saturated rings. The molecule has 0 aliphatic heterocycles. The fraction of sp³-hybridized carbons (Fsp3) is 0.278. The Morgan fingerprint density at radius 2 is 1.50 bits per heavy atom. The van der Waals surface area contributed by atoms with E-state index in [9.17, 15) is 18.0 Å². The first-order valence-corrected chi connectivity index (χ1v) is 16.6. The highest BCUT2D eigenvalue weighted by molar-refractivity contribution is 7.92. The van der Waals surface area contributed by atoms with Crippen molar-refractivity contribution in [3.8, 4) is 11.5 Å². The number of carbonyl (C=O) groups is 2. The molecule has 0 aromatic heterocycles. The zero-order valence-corrected chi connectivity index (χ0v) is 27.5. The second-order valence-electron chi connectivity index (χ2n) is 10.9. The van der Waals surface area contributed by atoms with Crippen LogP contribution < -0.4 is 19.1 Å². The maximum Gasteiger partial charge on any atom is 0.264 e. The summed E-state index contributed by atoms with van der Waals surface area (Å²) in [5.41, 5.74) is 2.58. The topological polar surface area (TPSA) is 105 Å². The minimum atomic E-state index is -4.25. The summed E-state index contributed by atoms with van der Waals surface area (Å²) in [4.78, 5) is 29.9.